The molecule has 0 aliphatic carbocycles. The molecule has 1 aliphatic heterocycles. The van der Waals surface area contributed by atoms with Gasteiger partial charge in [-0.25, -0.2) is 4.79 Å². The molecule has 1 rings (SSSR count). The first-order chi connectivity index (χ1) is 9.45. The molecule has 0 spiro atoms. The number of carbonyl (C=O) groups excluding carboxylic acids is 1. The van der Waals surface area contributed by atoms with E-state index in [2.05, 4.69) is 17.1 Å². The monoisotopic (exact) mass is 285 g/mol. The van der Waals surface area contributed by atoms with Gasteiger partial charge in [0.2, 0.25) is 0 Å². The normalized spacial score (nSPS) is 18.1. The molecule has 0 saturated carbocycles. The van der Waals surface area contributed by atoms with E-state index in [-0.39, 0.29) is 18.5 Å². The van der Waals surface area contributed by atoms with Gasteiger partial charge in [0.1, 0.15) is 0 Å². The highest BCUT2D eigenvalue weighted by Gasteiger charge is 2.24. The Balaban J connectivity index is 2.35. The maximum atomic E-state index is 12.0. The molecule has 6 heteroatoms. The lowest BCUT2D eigenvalue weighted by atomic mass is 9.96. The molecule has 1 fully saturated rings. The van der Waals surface area contributed by atoms with Gasteiger partial charge in [-0.1, -0.05) is 20.8 Å². The van der Waals surface area contributed by atoms with Gasteiger partial charge in [0.15, 0.2) is 0 Å². The predicted molar refractivity (Wildman–Crippen MR) is 77.7 cm³/mol. The van der Waals surface area contributed by atoms with Gasteiger partial charge < -0.3 is 15.3 Å². The van der Waals surface area contributed by atoms with Gasteiger partial charge in [-0.05, 0) is 18.9 Å². The number of hydrogen-bond donors (Lipinski definition) is 2. The summed E-state index contributed by atoms with van der Waals surface area (Å²) in [5.41, 5.74) is 0. The van der Waals surface area contributed by atoms with Gasteiger partial charge in [-0.3, -0.25) is 9.69 Å². The molecule has 1 atom stereocenters. The molecule has 0 aromatic carbocycles. The van der Waals surface area contributed by atoms with Crippen molar-refractivity contribution < 1.29 is 14.7 Å². The Morgan fingerprint density at radius 3 is 2.25 bits per heavy atom. The number of rotatable bonds is 6. The van der Waals surface area contributed by atoms with Crippen molar-refractivity contribution in [3.63, 3.8) is 0 Å². The number of nitrogens with zero attached hydrogens (tertiary/aromatic N) is 2. The third-order valence-electron chi connectivity index (χ3n) is 3.79. The number of carbonyl (C=O) groups is 2. The molecule has 1 heterocycles. The van der Waals surface area contributed by atoms with Gasteiger partial charge in [-0.2, -0.15) is 0 Å². The van der Waals surface area contributed by atoms with E-state index in [1.165, 1.54) is 0 Å². The zero-order valence-electron chi connectivity index (χ0n) is 12.8. The summed E-state index contributed by atoms with van der Waals surface area (Å²) in [6.07, 6.45) is 1.13. The third kappa shape index (κ3) is 5.00. The third-order valence-corrected chi connectivity index (χ3v) is 3.79. The van der Waals surface area contributed by atoms with Crippen molar-refractivity contribution >= 4 is 12.0 Å². The van der Waals surface area contributed by atoms with E-state index in [1.807, 2.05) is 13.8 Å². The highest BCUT2D eigenvalue weighted by Crippen LogP contribution is 2.10. The van der Waals surface area contributed by atoms with Gasteiger partial charge in [0, 0.05) is 32.7 Å². The maximum absolute atomic E-state index is 12.0. The van der Waals surface area contributed by atoms with Crippen LogP contribution in [0.4, 0.5) is 4.79 Å². The molecule has 2 amide bonds. The minimum atomic E-state index is -0.854. The summed E-state index contributed by atoms with van der Waals surface area (Å²) in [4.78, 5) is 27.2. The summed E-state index contributed by atoms with van der Waals surface area (Å²) in [6, 6.07) is -0.145. The van der Waals surface area contributed by atoms with Crippen molar-refractivity contribution in [2.24, 2.45) is 11.8 Å². The van der Waals surface area contributed by atoms with E-state index < -0.39 is 11.9 Å². The summed E-state index contributed by atoms with van der Waals surface area (Å²) < 4.78 is 0. The lowest BCUT2D eigenvalue weighted by molar-refractivity contribution is -0.142. The first-order valence-electron chi connectivity index (χ1n) is 7.43. The molecule has 6 nitrogen and oxygen atoms in total. The summed E-state index contributed by atoms with van der Waals surface area (Å²) in [6.45, 7) is 10.4. The Labute approximate surface area is 121 Å². The fraction of sp³-hybridized carbons (Fsp3) is 0.857. The lowest BCUT2D eigenvalue weighted by Crippen LogP contribution is -2.52. The minimum absolute atomic E-state index is 0.00852. The van der Waals surface area contributed by atoms with Crippen LogP contribution < -0.4 is 5.32 Å². The topological polar surface area (TPSA) is 72.9 Å². The Hall–Kier alpha value is -1.30. The highest BCUT2D eigenvalue weighted by molar-refractivity contribution is 5.76. The van der Waals surface area contributed by atoms with Crippen molar-refractivity contribution in [3.8, 4) is 0 Å². The van der Waals surface area contributed by atoms with Crippen LogP contribution in [-0.4, -0.2) is 66.2 Å². The number of urea groups is 1. The second-order valence-electron chi connectivity index (χ2n) is 5.70. The Kier molecular flexibility index (Phi) is 6.78. The summed E-state index contributed by atoms with van der Waals surface area (Å²) >= 11 is 0. The van der Waals surface area contributed by atoms with Gasteiger partial charge in [0.05, 0.1) is 5.92 Å². The van der Waals surface area contributed by atoms with Crippen LogP contribution in [0.5, 0.6) is 0 Å². The van der Waals surface area contributed by atoms with E-state index in [0.29, 0.717) is 13.1 Å². The molecule has 0 aromatic heterocycles. The van der Waals surface area contributed by atoms with Crippen LogP contribution in [0.25, 0.3) is 0 Å². The van der Waals surface area contributed by atoms with Crippen LogP contribution in [0.3, 0.4) is 0 Å². The number of aliphatic carboxylic acids is 1. The van der Waals surface area contributed by atoms with Crippen LogP contribution in [-0.2, 0) is 4.79 Å². The van der Waals surface area contributed by atoms with Crippen molar-refractivity contribution in [1.29, 1.82) is 0 Å². The second kappa shape index (κ2) is 8.09. The minimum Gasteiger partial charge on any atom is -0.481 e. The van der Waals surface area contributed by atoms with Crippen LogP contribution in [0.1, 0.15) is 27.2 Å². The first-order valence-corrected chi connectivity index (χ1v) is 7.43. The van der Waals surface area contributed by atoms with Gasteiger partial charge >= 0.3 is 12.0 Å². The molecular weight excluding hydrogens is 258 g/mol. The molecule has 0 bridgehead atoms. The quantitative estimate of drug-likeness (QED) is 0.766. The number of piperazine rings is 1. The zero-order chi connectivity index (χ0) is 15.1. The van der Waals surface area contributed by atoms with E-state index in [1.54, 1.807) is 4.90 Å². The predicted octanol–water partition coefficient (Wildman–Crippen LogP) is 1.08. The fourth-order valence-electron chi connectivity index (χ4n) is 2.41. The Morgan fingerprint density at radius 2 is 1.80 bits per heavy atom. The average Bonchev–Trinajstić information content (AvgIpc) is 2.39. The van der Waals surface area contributed by atoms with E-state index >= 15 is 0 Å². The Morgan fingerprint density at radius 1 is 1.20 bits per heavy atom. The summed E-state index contributed by atoms with van der Waals surface area (Å²) in [7, 11) is 0. The van der Waals surface area contributed by atoms with Crippen molar-refractivity contribution in [2.75, 3.05) is 39.3 Å². The number of carboxylic acids is 1. The van der Waals surface area contributed by atoms with E-state index in [4.69, 9.17) is 5.11 Å². The average molecular weight is 285 g/mol. The molecule has 20 heavy (non-hydrogen) atoms. The second-order valence-corrected chi connectivity index (χ2v) is 5.70. The molecule has 116 valence electrons. The molecule has 1 saturated heterocycles. The number of amides is 2. The highest BCUT2D eigenvalue weighted by atomic mass is 16.4. The maximum Gasteiger partial charge on any atom is 0.317 e. The van der Waals surface area contributed by atoms with E-state index in [9.17, 15) is 9.59 Å². The molecule has 2 N–H and O–H groups in total. The number of carboxylic acid groups (broad SMARTS) is 1. The summed E-state index contributed by atoms with van der Waals surface area (Å²) in [5, 5.41) is 11.8. The smallest absolute Gasteiger partial charge is 0.317 e. The van der Waals surface area contributed by atoms with Crippen LogP contribution in [0, 0.1) is 11.8 Å². The molecular formula is C14H27N3O3. The largest absolute Gasteiger partial charge is 0.481 e. The fourth-order valence-corrected chi connectivity index (χ4v) is 2.41. The molecule has 1 aliphatic rings. The lowest BCUT2D eigenvalue weighted by Gasteiger charge is -2.34. The Bertz CT molecular complexity index is 326. The molecule has 1 unspecified atom stereocenters. The SMILES string of the molecule is CCCN1CCN(C(=O)NCC(C(=O)O)C(C)C)CC1. The van der Waals surface area contributed by atoms with Gasteiger partial charge in [-0.15, -0.1) is 0 Å². The van der Waals surface area contributed by atoms with Crippen molar-refractivity contribution in [3.05, 3.63) is 0 Å². The van der Waals surface area contributed by atoms with Crippen LogP contribution in [0.15, 0.2) is 0 Å². The van der Waals surface area contributed by atoms with Crippen LogP contribution >= 0.6 is 0 Å². The molecule has 0 aromatic rings. The van der Waals surface area contributed by atoms with E-state index in [0.717, 1.165) is 26.1 Å². The van der Waals surface area contributed by atoms with Gasteiger partial charge in [0.25, 0.3) is 0 Å². The zero-order valence-corrected chi connectivity index (χ0v) is 12.8. The number of nitrogens with one attached hydrogen (secondary N) is 1. The first kappa shape index (κ1) is 16.8. The van der Waals surface area contributed by atoms with Crippen molar-refractivity contribution in [2.45, 2.75) is 27.2 Å². The number of hydrogen-bond acceptors (Lipinski definition) is 3. The summed E-state index contributed by atoms with van der Waals surface area (Å²) in [5.74, 6) is -1.37. The molecule has 0 radical (unpaired) electrons. The standard InChI is InChI=1S/C14H27N3O3/c1-4-5-16-6-8-17(9-7-16)14(20)15-10-12(11(2)3)13(18)19/h11-12H,4-10H2,1-3H3,(H,15,20)(H,18,19). The van der Waals surface area contributed by atoms with Crippen LogP contribution in [0.2, 0.25) is 0 Å². The van der Waals surface area contributed by atoms with Crippen molar-refractivity contribution in [1.82, 2.24) is 15.1 Å².